The zero-order chi connectivity index (χ0) is 19.2. The van der Waals surface area contributed by atoms with Crippen LogP contribution in [0.1, 0.15) is 27.5 Å². The molecule has 2 aromatic carbocycles. The van der Waals surface area contributed by atoms with Crippen molar-refractivity contribution in [2.24, 2.45) is 0 Å². The molecule has 138 valence electrons. The zero-order valence-electron chi connectivity index (χ0n) is 15.3. The van der Waals surface area contributed by atoms with Crippen molar-refractivity contribution < 1.29 is 4.79 Å². The van der Waals surface area contributed by atoms with E-state index in [-0.39, 0.29) is 11.9 Å². The molecule has 0 saturated heterocycles. The van der Waals surface area contributed by atoms with Crippen molar-refractivity contribution in [2.75, 3.05) is 0 Å². The van der Waals surface area contributed by atoms with Crippen molar-refractivity contribution in [3.63, 3.8) is 0 Å². The van der Waals surface area contributed by atoms with Crippen molar-refractivity contribution in [1.29, 1.82) is 0 Å². The smallest absolute Gasteiger partial charge is 0.253 e. The molecule has 0 fully saturated rings. The van der Waals surface area contributed by atoms with Crippen LogP contribution in [0.25, 0.3) is 5.82 Å². The Morgan fingerprint density at radius 3 is 2.36 bits per heavy atom. The van der Waals surface area contributed by atoms with E-state index in [1.165, 1.54) is 5.56 Å². The van der Waals surface area contributed by atoms with E-state index in [0.717, 1.165) is 17.8 Å². The minimum atomic E-state index is -0.144. The molecule has 0 aliphatic heterocycles. The Kier molecular flexibility index (Phi) is 5.24. The summed E-state index contributed by atoms with van der Waals surface area (Å²) < 4.78 is 1.80. The molecule has 4 rings (SSSR count). The summed E-state index contributed by atoms with van der Waals surface area (Å²) in [6.45, 7) is 0. The normalized spacial score (nSPS) is 11.7. The maximum absolute atomic E-state index is 12.8. The predicted octanol–water partition coefficient (Wildman–Crippen LogP) is 3.98. The van der Waals surface area contributed by atoms with E-state index in [9.17, 15) is 4.79 Å². The van der Waals surface area contributed by atoms with E-state index in [1.807, 2.05) is 60.8 Å². The number of benzene rings is 2. The van der Waals surface area contributed by atoms with Gasteiger partial charge in [0.05, 0.1) is 11.6 Å². The molecule has 0 radical (unpaired) electrons. The number of pyridine rings is 1. The van der Waals surface area contributed by atoms with Crippen LogP contribution >= 0.6 is 0 Å². The third-order valence-corrected chi connectivity index (χ3v) is 4.57. The molecule has 5 heteroatoms. The molecule has 1 amide bonds. The first-order valence-corrected chi connectivity index (χ1v) is 9.14. The summed E-state index contributed by atoms with van der Waals surface area (Å²) in [6.07, 6.45) is 7.49. The van der Waals surface area contributed by atoms with Crippen LogP contribution < -0.4 is 5.32 Å². The van der Waals surface area contributed by atoms with Gasteiger partial charge in [0.1, 0.15) is 12.1 Å². The van der Waals surface area contributed by atoms with Gasteiger partial charge in [-0.1, -0.05) is 60.7 Å². The highest BCUT2D eigenvalue weighted by Crippen LogP contribution is 2.19. The summed E-state index contributed by atoms with van der Waals surface area (Å²) in [5.41, 5.74) is 2.77. The van der Waals surface area contributed by atoms with E-state index in [4.69, 9.17) is 0 Å². The lowest BCUT2D eigenvalue weighted by molar-refractivity contribution is 0.0936. The third-order valence-electron chi connectivity index (χ3n) is 4.57. The molecular weight excluding hydrogens is 348 g/mol. The monoisotopic (exact) mass is 368 g/mol. The Morgan fingerprint density at radius 2 is 1.71 bits per heavy atom. The second kappa shape index (κ2) is 8.31. The van der Waals surface area contributed by atoms with Gasteiger partial charge in [-0.2, -0.15) is 0 Å². The summed E-state index contributed by atoms with van der Waals surface area (Å²) in [6, 6.07) is 23.7. The fraction of sp³-hybridized carbons (Fsp3) is 0.0870. The van der Waals surface area contributed by atoms with Crippen molar-refractivity contribution >= 4 is 5.91 Å². The largest absolute Gasteiger partial charge is 0.345 e. The Bertz CT molecular complexity index is 1010. The standard InChI is InChI=1S/C23H20N4O/c28-23(20-11-12-22(25-16-20)27-14-13-24-17-27)26-21(19-9-5-2-6-10-19)15-18-7-3-1-4-8-18/h1-14,16-17,21H,15H2,(H,26,28). The average Bonchev–Trinajstić information content (AvgIpc) is 3.30. The van der Waals surface area contributed by atoms with Crippen LogP contribution in [0.3, 0.4) is 0 Å². The lowest BCUT2D eigenvalue weighted by atomic mass is 9.98. The van der Waals surface area contributed by atoms with Crippen LogP contribution in [0, 0.1) is 0 Å². The van der Waals surface area contributed by atoms with Crippen molar-refractivity contribution in [2.45, 2.75) is 12.5 Å². The number of aromatic nitrogens is 3. The lowest BCUT2D eigenvalue weighted by Gasteiger charge is -2.19. The van der Waals surface area contributed by atoms with Crippen LogP contribution in [-0.2, 0) is 6.42 Å². The Labute approximate surface area is 163 Å². The highest BCUT2D eigenvalue weighted by Gasteiger charge is 2.16. The Balaban J connectivity index is 1.53. The number of hydrogen-bond donors (Lipinski definition) is 1. The topological polar surface area (TPSA) is 59.8 Å². The van der Waals surface area contributed by atoms with E-state index in [0.29, 0.717) is 5.56 Å². The molecule has 2 heterocycles. The molecule has 28 heavy (non-hydrogen) atoms. The number of amides is 1. The van der Waals surface area contributed by atoms with E-state index in [2.05, 4.69) is 27.4 Å². The molecular formula is C23H20N4O. The van der Waals surface area contributed by atoms with Gasteiger partial charge in [0.2, 0.25) is 0 Å². The van der Waals surface area contributed by atoms with Crippen molar-refractivity contribution in [1.82, 2.24) is 19.9 Å². The summed E-state index contributed by atoms with van der Waals surface area (Å²) in [4.78, 5) is 21.2. The maximum atomic E-state index is 12.8. The molecule has 1 atom stereocenters. The number of hydrogen-bond acceptors (Lipinski definition) is 3. The number of nitrogens with zero attached hydrogens (tertiary/aromatic N) is 3. The highest BCUT2D eigenvalue weighted by atomic mass is 16.1. The first-order chi connectivity index (χ1) is 13.8. The minimum Gasteiger partial charge on any atom is -0.345 e. The molecule has 0 spiro atoms. The molecule has 5 nitrogen and oxygen atoms in total. The third kappa shape index (κ3) is 4.15. The highest BCUT2D eigenvalue weighted by molar-refractivity contribution is 5.94. The number of nitrogens with one attached hydrogen (secondary N) is 1. The Hall–Kier alpha value is -3.73. The minimum absolute atomic E-state index is 0.121. The summed E-state index contributed by atoms with van der Waals surface area (Å²) in [7, 11) is 0. The average molecular weight is 368 g/mol. The molecule has 0 bridgehead atoms. The van der Waals surface area contributed by atoms with Crippen LogP contribution in [0.4, 0.5) is 0 Å². The first-order valence-electron chi connectivity index (χ1n) is 9.14. The first kappa shape index (κ1) is 17.7. The quantitative estimate of drug-likeness (QED) is 0.560. The number of carbonyl (C=O) groups excluding carboxylic acids is 1. The van der Waals surface area contributed by atoms with Gasteiger partial charge in [0.25, 0.3) is 5.91 Å². The van der Waals surface area contributed by atoms with Crippen molar-refractivity contribution in [3.8, 4) is 5.82 Å². The summed E-state index contributed by atoms with van der Waals surface area (Å²) in [5, 5.41) is 3.15. The molecule has 0 aliphatic carbocycles. The van der Waals surface area contributed by atoms with E-state index in [1.54, 1.807) is 29.4 Å². The van der Waals surface area contributed by atoms with Crippen molar-refractivity contribution in [3.05, 3.63) is 114 Å². The second-order valence-electron chi connectivity index (χ2n) is 6.50. The molecule has 0 saturated carbocycles. The molecule has 4 aromatic rings. The zero-order valence-corrected chi connectivity index (χ0v) is 15.3. The maximum Gasteiger partial charge on any atom is 0.253 e. The van der Waals surface area contributed by atoms with Gasteiger partial charge in [-0.05, 0) is 29.7 Å². The van der Waals surface area contributed by atoms with Gasteiger partial charge in [0, 0.05) is 18.6 Å². The fourth-order valence-corrected chi connectivity index (χ4v) is 3.10. The number of imidazole rings is 1. The van der Waals surface area contributed by atoms with Gasteiger partial charge in [0.15, 0.2) is 0 Å². The number of rotatable bonds is 6. The van der Waals surface area contributed by atoms with Crippen LogP contribution in [-0.4, -0.2) is 20.4 Å². The van der Waals surface area contributed by atoms with Crippen LogP contribution in [0.15, 0.2) is 97.7 Å². The van der Waals surface area contributed by atoms with Gasteiger partial charge in [-0.25, -0.2) is 9.97 Å². The lowest BCUT2D eigenvalue weighted by Crippen LogP contribution is -2.30. The molecule has 2 aromatic heterocycles. The van der Waals surface area contributed by atoms with E-state index >= 15 is 0 Å². The van der Waals surface area contributed by atoms with Gasteiger partial charge < -0.3 is 5.32 Å². The van der Waals surface area contributed by atoms with Crippen LogP contribution in [0.5, 0.6) is 0 Å². The SMILES string of the molecule is O=C(NC(Cc1ccccc1)c1ccccc1)c1ccc(-n2ccnc2)nc1. The molecule has 1 N–H and O–H groups in total. The Morgan fingerprint density at radius 1 is 0.964 bits per heavy atom. The van der Waals surface area contributed by atoms with Gasteiger partial charge in [-0.3, -0.25) is 9.36 Å². The molecule has 0 aliphatic rings. The fourth-order valence-electron chi connectivity index (χ4n) is 3.10. The van der Waals surface area contributed by atoms with Crippen LogP contribution in [0.2, 0.25) is 0 Å². The summed E-state index contributed by atoms with van der Waals surface area (Å²) >= 11 is 0. The summed E-state index contributed by atoms with van der Waals surface area (Å²) in [5.74, 6) is 0.576. The second-order valence-corrected chi connectivity index (χ2v) is 6.50. The van der Waals surface area contributed by atoms with Gasteiger partial charge >= 0.3 is 0 Å². The molecule has 1 unspecified atom stereocenters. The number of carbonyl (C=O) groups is 1. The predicted molar refractivity (Wildman–Crippen MR) is 108 cm³/mol. The van der Waals surface area contributed by atoms with E-state index < -0.39 is 0 Å². The van der Waals surface area contributed by atoms with Gasteiger partial charge in [-0.15, -0.1) is 0 Å².